The summed E-state index contributed by atoms with van der Waals surface area (Å²) >= 11 is 0. The van der Waals surface area contributed by atoms with E-state index in [1.165, 1.54) is 24.3 Å². The van der Waals surface area contributed by atoms with Crippen molar-refractivity contribution in [3.8, 4) is 5.75 Å². The van der Waals surface area contributed by atoms with E-state index in [1.54, 1.807) is 18.2 Å². The predicted octanol–water partition coefficient (Wildman–Crippen LogP) is 5.74. The van der Waals surface area contributed by atoms with E-state index in [0.717, 1.165) is 16.7 Å². The van der Waals surface area contributed by atoms with Crippen molar-refractivity contribution >= 4 is 0 Å². The largest absolute Gasteiger partial charge is 0.573 e. The molecule has 1 atom stereocenters. The highest BCUT2D eigenvalue weighted by atomic mass is 19.4. The van der Waals surface area contributed by atoms with Crippen LogP contribution in [-0.4, -0.2) is 12.9 Å². The van der Waals surface area contributed by atoms with Crippen molar-refractivity contribution < 1.29 is 22.3 Å². The third-order valence-electron chi connectivity index (χ3n) is 4.18. The standard InChI is InChI=1S/C20H23F4NO/c1-13(2)19-9-6-17(21)10-16(19)12-25-11-14(3)15-4-7-18(8-5-15)26-20(22,23)24/h4-10,13-14,25H,11-12H2,1-3H3. The molecule has 0 fully saturated rings. The Morgan fingerprint density at radius 3 is 2.23 bits per heavy atom. The van der Waals surface area contributed by atoms with E-state index in [2.05, 4.69) is 23.9 Å². The molecule has 0 bridgehead atoms. The number of halogens is 4. The highest BCUT2D eigenvalue weighted by Crippen LogP contribution is 2.25. The SMILES string of the molecule is CC(C)c1ccc(F)cc1CNCC(C)c1ccc(OC(F)(F)F)cc1. The number of ether oxygens (including phenoxy) is 1. The van der Waals surface area contributed by atoms with Crippen molar-refractivity contribution in [1.29, 1.82) is 0 Å². The third kappa shape index (κ3) is 6.02. The molecule has 0 aliphatic rings. The Labute approximate surface area is 151 Å². The van der Waals surface area contributed by atoms with E-state index >= 15 is 0 Å². The van der Waals surface area contributed by atoms with Gasteiger partial charge in [-0.25, -0.2) is 4.39 Å². The van der Waals surface area contributed by atoms with Gasteiger partial charge in [0.25, 0.3) is 0 Å². The molecule has 0 aliphatic carbocycles. The van der Waals surface area contributed by atoms with Gasteiger partial charge >= 0.3 is 6.36 Å². The number of hydrogen-bond donors (Lipinski definition) is 1. The molecule has 1 N–H and O–H groups in total. The number of benzene rings is 2. The fourth-order valence-electron chi connectivity index (χ4n) is 2.83. The second-order valence-corrected chi connectivity index (χ2v) is 6.65. The molecular formula is C20H23F4NO. The molecule has 2 nitrogen and oxygen atoms in total. The Hall–Kier alpha value is -2.08. The van der Waals surface area contributed by atoms with Gasteiger partial charge in [-0.1, -0.05) is 39.0 Å². The van der Waals surface area contributed by atoms with Crippen LogP contribution in [0.2, 0.25) is 0 Å². The highest BCUT2D eigenvalue weighted by molar-refractivity contribution is 5.31. The van der Waals surface area contributed by atoms with E-state index < -0.39 is 6.36 Å². The molecule has 0 aliphatic heterocycles. The van der Waals surface area contributed by atoms with Crippen LogP contribution in [0.4, 0.5) is 17.6 Å². The van der Waals surface area contributed by atoms with Crippen LogP contribution in [0.25, 0.3) is 0 Å². The molecule has 0 saturated heterocycles. The van der Waals surface area contributed by atoms with Gasteiger partial charge in [0, 0.05) is 13.1 Å². The van der Waals surface area contributed by atoms with Crippen LogP contribution in [0.5, 0.6) is 5.75 Å². The molecular weight excluding hydrogens is 346 g/mol. The molecule has 0 saturated carbocycles. The summed E-state index contributed by atoms with van der Waals surface area (Å²) in [5.74, 6) is -0.112. The first-order valence-electron chi connectivity index (χ1n) is 8.50. The van der Waals surface area contributed by atoms with E-state index in [1.807, 2.05) is 6.92 Å². The molecule has 0 spiro atoms. The van der Waals surface area contributed by atoms with Gasteiger partial charge in [-0.05, 0) is 52.8 Å². The molecule has 6 heteroatoms. The van der Waals surface area contributed by atoms with Crippen LogP contribution in [0, 0.1) is 5.82 Å². The minimum atomic E-state index is -4.69. The monoisotopic (exact) mass is 369 g/mol. The van der Waals surface area contributed by atoms with Gasteiger partial charge in [-0.15, -0.1) is 13.2 Å². The van der Waals surface area contributed by atoms with Gasteiger partial charge in [0.2, 0.25) is 0 Å². The van der Waals surface area contributed by atoms with E-state index in [4.69, 9.17) is 0 Å². The molecule has 26 heavy (non-hydrogen) atoms. The van der Waals surface area contributed by atoms with Crippen molar-refractivity contribution in [2.45, 2.75) is 45.5 Å². The molecule has 1 unspecified atom stereocenters. The lowest BCUT2D eigenvalue weighted by molar-refractivity contribution is -0.274. The number of hydrogen-bond acceptors (Lipinski definition) is 2. The number of alkyl halides is 3. The molecule has 142 valence electrons. The summed E-state index contributed by atoms with van der Waals surface area (Å²) in [4.78, 5) is 0. The zero-order valence-electron chi connectivity index (χ0n) is 15.0. The molecule has 0 heterocycles. The van der Waals surface area contributed by atoms with Crippen LogP contribution in [-0.2, 0) is 6.54 Å². The average molecular weight is 369 g/mol. The van der Waals surface area contributed by atoms with Gasteiger partial charge in [0.1, 0.15) is 11.6 Å². The van der Waals surface area contributed by atoms with Crippen molar-refractivity contribution in [3.05, 3.63) is 65.0 Å². The van der Waals surface area contributed by atoms with Crippen LogP contribution >= 0.6 is 0 Å². The van der Waals surface area contributed by atoms with E-state index in [9.17, 15) is 17.6 Å². The first-order valence-corrected chi connectivity index (χ1v) is 8.50. The molecule has 2 aromatic carbocycles. The summed E-state index contributed by atoms with van der Waals surface area (Å²) in [7, 11) is 0. The smallest absolute Gasteiger partial charge is 0.406 e. The first kappa shape index (κ1) is 20.2. The van der Waals surface area contributed by atoms with Gasteiger partial charge in [0.05, 0.1) is 0 Å². The molecule has 2 aromatic rings. The number of nitrogens with one attached hydrogen (secondary N) is 1. The maximum absolute atomic E-state index is 13.5. The van der Waals surface area contributed by atoms with Crippen LogP contribution < -0.4 is 10.1 Å². The Balaban J connectivity index is 1.93. The van der Waals surface area contributed by atoms with Crippen molar-refractivity contribution in [2.75, 3.05) is 6.54 Å². The highest BCUT2D eigenvalue weighted by Gasteiger charge is 2.31. The predicted molar refractivity (Wildman–Crippen MR) is 93.7 cm³/mol. The zero-order valence-corrected chi connectivity index (χ0v) is 15.0. The quantitative estimate of drug-likeness (QED) is 0.628. The van der Waals surface area contributed by atoms with E-state index in [0.29, 0.717) is 19.0 Å². The lowest BCUT2D eigenvalue weighted by Crippen LogP contribution is -2.21. The molecule has 2 rings (SSSR count). The maximum Gasteiger partial charge on any atom is 0.573 e. The second-order valence-electron chi connectivity index (χ2n) is 6.65. The summed E-state index contributed by atoms with van der Waals surface area (Å²) in [6.45, 7) is 7.24. The fraction of sp³-hybridized carbons (Fsp3) is 0.400. The zero-order chi connectivity index (χ0) is 19.3. The first-order chi connectivity index (χ1) is 12.2. The van der Waals surface area contributed by atoms with Crippen molar-refractivity contribution in [1.82, 2.24) is 5.32 Å². The van der Waals surface area contributed by atoms with Crippen LogP contribution in [0.3, 0.4) is 0 Å². The maximum atomic E-state index is 13.5. The average Bonchev–Trinajstić information content (AvgIpc) is 2.53. The topological polar surface area (TPSA) is 21.3 Å². The Morgan fingerprint density at radius 2 is 1.65 bits per heavy atom. The molecule has 0 amide bonds. The van der Waals surface area contributed by atoms with Gasteiger partial charge in [0.15, 0.2) is 0 Å². The summed E-state index contributed by atoms with van der Waals surface area (Å²) in [5, 5.41) is 3.30. The summed E-state index contributed by atoms with van der Waals surface area (Å²) in [6.07, 6.45) is -4.69. The second kappa shape index (κ2) is 8.54. The lowest BCUT2D eigenvalue weighted by Gasteiger charge is -2.17. The Bertz CT molecular complexity index is 711. The normalized spacial score (nSPS) is 13.1. The minimum absolute atomic E-state index is 0.0889. The van der Waals surface area contributed by atoms with E-state index in [-0.39, 0.29) is 17.5 Å². The van der Waals surface area contributed by atoms with Crippen molar-refractivity contribution in [3.63, 3.8) is 0 Å². The van der Waals surface area contributed by atoms with Gasteiger partial charge in [-0.3, -0.25) is 0 Å². The van der Waals surface area contributed by atoms with Crippen molar-refractivity contribution in [2.24, 2.45) is 0 Å². The Kier molecular flexibility index (Phi) is 6.64. The third-order valence-corrected chi connectivity index (χ3v) is 4.18. The Morgan fingerprint density at radius 1 is 1.00 bits per heavy atom. The van der Waals surface area contributed by atoms with Gasteiger partial charge < -0.3 is 10.1 Å². The summed E-state index contributed by atoms with van der Waals surface area (Å²) in [6, 6.07) is 10.7. The number of rotatable bonds is 7. The molecule has 0 radical (unpaired) electrons. The van der Waals surface area contributed by atoms with Crippen LogP contribution in [0.1, 0.15) is 49.3 Å². The summed E-state index contributed by atoms with van der Waals surface area (Å²) in [5.41, 5.74) is 2.91. The lowest BCUT2D eigenvalue weighted by atomic mass is 9.96. The van der Waals surface area contributed by atoms with Crippen LogP contribution in [0.15, 0.2) is 42.5 Å². The fourth-order valence-corrected chi connectivity index (χ4v) is 2.83. The minimum Gasteiger partial charge on any atom is -0.406 e. The summed E-state index contributed by atoms with van der Waals surface area (Å²) < 4.78 is 53.9. The van der Waals surface area contributed by atoms with Gasteiger partial charge in [-0.2, -0.15) is 0 Å². The molecule has 0 aromatic heterocycles.